The summed E-state index contributed by atoms with van der Waals surface area (Å²) in [7, 11) is 1.69. The molecule has 0 spiro atoms. The minimum Gasteiger partial charge on any atom is -0.285 e. The third kappa shape index (κ3) is 1.80. The van der Waals surface area contributed by atoms with Gasteiger partial charge in [-0.25, -0.2) is 9.48 Å². The molecule has 2 rings (SSSR count). The standard InChI is InChI=1S/C8H8BrN3OS/c1-11-5-10-12(8(11)13)3-7-2-6(9)4-14-7/h2,4-5H,3H2,1H3. The van der Waals surface area contributed by atoms with Crippen molar-refractivity contribution in [1.82, 2.24) is 14.3 Å². The highest BCUT2D eigenvalue weighted by molar-refractivity contribution is 9.10. The van der Waals surface area contributed by atoms with Gasteiger partial charge in [-0.2, -0.15) is 5.10 Å². The van der Waals surface area contributed by atoms with E-state index in [4.69, 9.17) is 0 Å². The third-order valence-electron chi connectivity index (χ3n) is 1.81. The Balaban J connectivity index is 2.27. The van der Waals surface area contributed by atoms with Crippen molar-refractivity contribution in [1.29, 1.82) is 0 Å². The summed E-state index contributed by atoms with van der Waals surface area (Å²) in [6.07, 6.45) is 1.52. The minimum atomic E-state index is -0.0884. The Kier molecular flexibility index (Phi) is 2.56. The van der Waals surface area contributed by atoms with Gasteiger partial charge in [-0.3, -0.25) is 4.57 Å². The summed E-state index contributed by atoms with van der Waals surface area (Å²) < 4.78 is 3.95. The second kappa shape index (κ2) is 3.70. The van der Waals surface area contributed by atoms with Gasteiger partial charge in [0.15, 0.2) is 0 Å². The maximum atomic E-state index is 11.4. The molecular weight excluding hydrogens is 266 g/mol. The molecule has 0 unspecified atom stereocenters. The van der Waals surface area contributed by atoms with E-state index in [1.165, 1.54) is 15.6 Å². The highest BCUT2D eigenvalue weighted by Gasteiger charge is 2.04. The molecule has 0 fully saturated rings. The summed E-state index contributed by atoms with van der Waals surface area (Å²) in [5.41, 5.74) is -0.0884. The zero-order valence-electron chi connectivity index (χ0n) is 7.48. The molecule has 0 radical (unpaired) electrons. The van der Waals surface area contributed by atoms with Crippen LogP contribution in [-0.2, 0) is 13.6 Å². The Bertz CT molecular complexity index is 499. The molecule has 0 aliphatic carbocycles. The number of hydrogen-bond acceptors (Lipinski definition) is 3. The molecule has 14 heavy (non-hydrogen) atoms. The van der Waals surface area contributed by atoms with E-state index in [2.05, 4.69) is 21.0 Å². The summed E-state index contributed by atoms with van der Waals surface area (Å²) in [5, 5.41) is 5.97. The lowest BCUT2D eigenvalue weighted by atomic mass is 10.5. The first-order valence-corrected chi connectivity index (χ1v) is 5.65. The lowest BCUT2D eigenvalue weighted by Gasteiger charge is -1.94. The van der Waals surface area contributed by atoms with Crippen molar-refractivity contribution < 1.29 is 0 Å². The van der Waals surface area contributed by atoms with Crippen LogP contribution in [0.2, 0.25) is 0 Å². The van der Waals surface area contributed by atoms with Crippen LogP contribution in [0.15, 0.2) is 27.0 Å². The van der Waals surface area contributed by atoms with Gasteiger partial charge in [0.2, 0.25) is 0 Å². The Hall–Kier alpha value is -0.880. The van der Waals surface area contributed by atoms with Crippen LogP contribution in [0, 0.1) is 0 Å². The number of hydrogen-bond donors (Lipinski definition) is 0. The zero-order chi connectivity index (χ0) is 10.1. The van der Waals surface area contributed by atoms with Gasteiger partial charge in [0, 0.05) is 21.8 Å². The van der Waals surface area contributed by atoms with E-state index in [0.717, 1.165) is 9.35 Å². The first-order chi connectivity index (χ1) is 6.66. The van der Waals surface area contributed by atoms with Gasteiger partial charge in [0.1, 0.15) is 6.33 Å². The molecule has 0 bridgehead atoms. The fourth-order valence-corrected chi connectivity index (χ4v) is 2.55. The van der Waals surface area contributed by atoms with Crippen molar-refractivity contribution in [2.75, 3.05) is 0 Å². The van der Waals surface area contributed by atoms with E-state index in [0.29, 0.717) is 6.54 Å². The maximum Gasteiger partial charge on any atom is 0.345 e. The average molecular weight is 274 g/mol. The van der Waals surface area contributed by atoms with Crippen molar-refractivity contribution >= 4 is 27.3 Å². The van der Waals surface area contributed by atoms with E-state index in [9.17, 15) is 4.79 Å². The number of aryl methyl sites for hydroxylation is 1. The summed E-state index contributed by atoms with van der Waals surface area (Å²) in [4.78, 5) is 12.5. The molecule has 2 aromatic rings. The smallest absolute Gasteiger partial charge is 0.285 e. The summed E-state index contributed by atoms with van der Waals surface area (Å²) in [5.74, 6) is 0. The third-order valence-corrected chi connectivity index (χ3v) is 3.50. The lowest BCUT2D eigenvalue weighted by molar-refractivity contribution is 0.653. The van der Waals surface area contributed by atoms with Crippen molar-refractivity contribution in [2.45, 2.75) is 6.54 Å². The fraction of sp³-hybridized carbons (Fsp3) is 0.250. The molecule has 0 aliphatic rings. The monoisotopic (exact) mass is 273 g/mol. The number of nitrogens with zero attached hydrogens (tertiary/aromatic N) is 3. The highest BCUT2D eigenvalue weighted by atomic mass is 79.9. The summed E-state index contributed by atoms with van der Waals surface area (Å²) in [6.45, 7) is 0.538. The molecule has 0 aliphatic heterocycles. The van der Waals surface area contributed by atoms with Gasteiger partial charge in [-0.15, -0.1) is 11.3 Å². The number of thiophene rings is 1. The van der Waals surface area contributed by atoms with Gasteiger partial charge in [-0.05, 0) is 22.0 Å². The van der Waals surface area contributed by atoms with Gasteiger partial charge >= 0.3 is 5.69 Å². The van der Waals surface area contributed by atoms with Crippen LogP contribution in [0.3, 0.4) is 0 Å². The van der Waals surface area contributed by atoms with Gasteiger partial charge in [0.25, 0.3) is 0 Å². The SMILES string of the molecule is Cn1cnn(Cc2cc(Br)cs2)c1=O. The van der Waals surface area contributed by atoms with E-state index in [1.807, 2.05) is 11.4 Å². The van der Waals surface area contributed by atoms with Crippen molar-refractivity contribution in [3.05, 3.63) is 37.6 Å². The number of halogens is 1. The Labute approximate surface area is 92.9 Å². The molecule has 74 valence electrons. The van der Waals surface area contributed by atoms with E-state index in [-0.39, 0.29) is 5.69 Å². The van der Waals surface area contributed by atoms with Crippen LogP contribution in [0.25, 0.3) is 0 Å². The van der Waals surface area contributed by atoms with Crippen LogP contribution < -0.4 is 5.69 Å². The molecule has 0 atom stereocenters. The molecule has 2 aromatic heterocycles. The van der Waals surface area contributed by atoms with E-state index < -0.39 is 0 Å². The first kappa shape index (κ1) is 9.67. The van der Waals surface area contributed by atoms with Crippen LogP contribution in [0.1, 0.15) is 4.88 Å². The van der Waals surface area contributed by atoms with Crippen LogP contribution in [0.5, 0.6) is 0 Å². The predicted molar refractivity (Wildman–Crippen MR) is 58.6 cm³/mol. The van der Waals surface area contributed by atoms with Crippen molar-refractivity contribution in [2.24, 2.45) is 7.05 Å². The lowest BCUT2D eigenvalue weighted by Crippen LogP contribution is -2.23. The largest absolute Gasteiger partial charge is 0.345 e. The normalized spacial score (nSPS) is 10.7. The maximum absolute atomic E-state index is 11.4. The van der Waals surface area contributed by atoms with Crippen molar-refractivity contribution in [3.63, 3.8) is 0 Å². The van der Waals surface area contributed by atoms with Gasteiger partial charge in [0.05, 0.1) is 6.54 Å². The number of aromatic nitrogens is 3. The molecule has 2 heterocycles. The average Bonchev–Trinajstić information content (AvgIpc) is 2.67. The highest BCUT2D eigenvalue weighted by Crippen LogP contribution is 2.19. The van der Waals surface area contributed by atoms with E-state index in [1.54, 1.807) is 18.4 Å². The van der Waals surface area contributed by atoms with Crippen molar-refractivity contribution in [3.8, 4) is 0 Å². The van der Waals surface area contributed by atoms with Crippen LogP contribution in [-0.4, -0.2) is 14.3 Å². The Morgan fingerprint density at radius 2 is 2.43 bits per heavy atom. The van der Waals surface area contributed by atoms with Gasteiger partial charge in [-0.1, -0.05) is 0 Å². The summed E-state index contributed by atoms with van der Waals surface area (Å²) >= 11 is 4.97. The van der Waals surface area contributed by atoms with Crippen LogP contribution >= 0.6 is 27.3 Å². The topological polar surface area (TPSA) is 39.8 Å². The molecule has 0 saturated carbocycles. The quantitative estimate of drug-likeness (QED) is 0.831. The number of rotatable bonds is 2. The molecule has 0 amide bonds. The zero-order valence-corrected chi connectivity index (χ0v) is 9.88. The summed E-state index contributed by atoms with van der Waals surface area (Å²) in [6, 6.07) is 1.99. The van der Waals surface area contributed by atoms with Crippen LogP contribution in [0.4, 0.5) is 0 Å². The second-order valence-electron chi connectivity index (χ2n) is 2.91. The molecule has 6 heteroatoms. The Morgan fingerprint density at radius 3 is 2.93 bits per heavy atom. The minimum absolute atomic E-state index is 0.0884. The fourth-order valence-electron chi connectivity index (χ4n) is 1.11. The molecule has 0 N–H and O–H groups in total. The molecule has 0 saturated heterocycles. The molecule has 4 nitrogen and oxygen atoms in total. The Morgan fingerprint density at radius 1 is 1.64 bits per heavy atom. The van der Waals surface area contributed by atoms with E-state index >= 15 is 0 Å². The first-order valence-electron chi connectivity index (χ1n) is 3.98. The van der Waals surface area contributed by atoms with Gasteiger partial charge < -0.3 is 0 Å². The second-order valence-corrected chi connectivity index (χ2v) is 4.82. The molecule has 0 aromatic carbocycles. The predicted octanol–water partition coefficient (Wildman–Crippen LogP) is 1.45. The molecular formula is C8H8BrN3OS.